The first kappa shape index (κ1) is 31.7. The zero-order valence-corrected chi connectivity index (χ0v) is 25.2. The van der Waals surface area contributed by atoms with Crippen LogP contribution < -0.4 is 20.1 Å². The number of carbonyl (C=O) groups is 1. The summed E-state index contributed by atoms with van der Waals surface area (Å²) >= 11 is 0. The molecule has 1 aliphatic rings. The molecule has 43 heavy (non-hydrogen) atoms. The maximum atomic E-state index is 12.9. The molecule has 0 bridgehead atoms. The Balaban J connectivity index is 0.00000207. The fourth-order valence-electron chi connectivity index (χ4n) is 4.56. The summed E-state index contributed by atoms with van der Waals surface area (Å²) in [5.74, 6) is 0.921. The van der Waals surface area contributed by atoms with E-state index in [-0.39, 0.29) is 19.3 Å². The average molecular weight is 594 g/mol. The van der Waals surface area contributed by atoms with Crippen molar-refractivity contribution in [3.63, 3.8) is 0 Å². The van der Waals surface area contributed by atoms with Crippen molar-refractivity contribution in [1.82, 2.24) is 20.4 Å². The summed E-state index contributed by atoms with van der Waals surface area (Å²) in [6.07, 6.45) is 2.95. The summed E-state index contributed by atoms with van der Waals surface area (Å²) in [6, 6.07) is 15.2. The first-order valence-corrected chi connectivity index (χ1v) is 14.3. The first-order valence-electron chi connectivity index (χ1n) is 14.3. The first-order chi connectivity index (χ1) is 21.1. The van der Waals surface area contributed by atoms with Crippen LogP contribution in [0.15, 0.2) is 60.9 Å². The molecule has 4 aromatic rings. The average Bonchev–Trinajstić information content (AvgIpc) is 3.45. The molecular formula is C31H39N5O7. The lowest BCUT2D eigenvalue weighted by Crippen LogP contribution is -2.45. The van der Waals surface area contributed by atoms with Crippen molar-refractivity contribution >= 4 is 22.7 Å². The van der Waals surface area contributed by atoms with Crippen molar-refractivity contribution in [2.24, 2.45) is 0 Å². The van der Waals surface area contributed by atoms with Crippen LogP contribution in [0.1, 0.15) is 42.3 Å². The molecule has 0 radical (unpaired) electrons. The van der Waals surface area contributed by atoms with Crippen LogP contribution >= 0.6 is 0 Å². The normalized spacial score (nSPS) is 14.6. The van der Waals surface area contributed by atoms with Crippen LogP contribution in [0, 0.1) is 6.92 Å². The van der Waals surface area contributed by atoms with Gasteiger partial charge in [-0.1, -0.05) is 43.7 Å². The maximum Gasteiger partial charge on any atom is 0.341 e. The van der Waals surface area contributed by atoms with Crippen molar-refractivity contribution in [1.29, 1.82) is 0 Å². The van der Waals surface area contributed by atoms with Gasteiger partial charge in [-0.05, 0) is 43.7 Å². The Hall–Kier alpha value is -4.23. The van der Waals surface area contributed by atoms with Crippen LogP contribution in [0.2, 0.25) is 0 Å². The summed E-state index contributed by atoms with van der Waals surface area (Å²) in [6.45, 7) is 10.1. The number of methoxy groups -OCH3 is 1. The van der Waals surface area contributed by atoms with E-state index in [1.165, 1.54) is 0 Å². The molecule has 0 amide bonds. The predicted octanol–water partition coefficient (Wildman–Crippen LogP) is 4.65. The monoisotopic (exact) mass is 593 g/mol. The number of aromatic nitrogens is 3. The van der Waals surface area contributed by atoms with Crippen LogP contribution in [0.25, 0.3) is 11.0 Å². The van der Waals surface area contributed by atoms with Gasteiger partial charge >= 0.3 is 5.97 Å². The van der Waals surface area contributed by atoms with Crippen molar-refractivity contribution in [3.8, 4) is 11.5 Å². The second kappa shape index (κ2) is 15.8. The minimum absolute atomic E-state index is 0.125. The van der Waals surface area contributed by atoms with Crippen LogP contribution in [0.3, 0.4) is 0 Å². The number of morpholine rings is 1. The zero-order valence-electron chi connectivity index (χ0n) is 25.2. The lowest BCUT2D eigenvalue weighted by molar-refractivity contribution is -0.388. The minimum atomic E-state index is -0.445. The third kappa shape index (κ3) is 8.20. The standard InChI is InChI=1S/C29H33N5O7.C2H6/c1-4-37-29(35)26-15-30-28-25(16-31-34(28)17-21-7-11-22(36-3)12-8-21)27(26)33-13-14-38-24(18-33)19-39-41-32-40-23-9-5-20(2)6-10-23;1-2/h5-12,15-16,24,32H,4,13-14,17-19H2,1-3H3;1-2H3. The van der Waals surface area contributed by atoms with Gasteiger partial charge in [-0.15, -0.1) is 4.99 Å². The SMILES string of the molecule is CC.CCOC(=O)c1cnc2c(cnn2Cc2ccc(OC)cc2)c1N1CCOC(COONOc2ccc(C)cc2)C1. The van der Waals surface area contributed by atoms with E-state index in [4.69, 9.17) is 28.9 Å². The van der Waals surface area contributed by atoms with Crippen LogP contribution in [0.5, 0.6) is 11.5 Å². The molecule has 230 valence electrons. The number of hydrogen-bond donors (Lipinski definition) is 1. The van der Waals surface area contributed by atoms with Gasteiger partial charge in [-0.25, -0.2) is 19.3 Å². The summed E-state index contributed by atoms with van der Waals surface area (Å²) in [5.41, 5.74) is 6.20. The Morgan fingerprint density at radius 1 is 1.07 bits per heavy atom. The van der Waals surface area contributed by atoms with Gasteiger partial charge in [0, 0.05) is 24.9 Å². The van der Waals surface area contributed by atoms with Crippen molar-refractivity contribution < 1.29 is 33.7 Å². The number of aryl methyl sites for hydroxylation is 1. The highest BCUT2D eigenvalue weighted by atomic mass is 17.3. The zero-order chi connectivity index (χ0) is 30.6. The maximum absolute atomic E-state index is 12.9. The molecule has 12 nitrogen and oxygen atoms in total. The Bertz CT molecular complexity index is 1440. The highest BCUT2D eigenvalue weighted by Gasteiger charge is 2.28. The van der Waals surface area contributed by atoms with Crippen LogP contribution in [-0.2, 0) is 25.9 Å². The lowest BCUT2D eigenvalue weighted by atomic mass is 10.1. The van der Waals surface area contributed by atoms with Gasteiger partial charge in [0.15, 0.2) is 5.65 Å². The molecule has 2 aromatic heterocycles. The summed E-state index contributed by atoms with van der Waals surface area (Å²) in [5, 5.41) is 5.35. The third-order valence-electron chi connectivity index (χ3n) is 6.61. The Labute approximate surface area is 251 Å². The number of benzene rings is 2. The van der Waals surface area contributed by atoms with Crippen molar-refractivity contribution in [3.05, 3.63) is 77.6 Å². The Kier molecular flexibility index (Phi) is 11.7. The topological polar surface area (TPSA) is 118 Å². The third-order valence-corrected chi connectivity index (χ3v) is 6.61. The molecule has 2 aromatic carbocycles. The molecule has 1 unspecified atom stereocenters. The fourth-order valence-corrected chi connectivity index (χ4v) is 4.56. The number of anilines is 1. The molecule has 0 spiro atoms. The molecule has 5 rings (SSSR count). The molecule has 1 saturated heterocycles. The van der Waals surface area contributed by atoms with E-state index < -0.39 is 5.97 Å². The van der Waals surface area contributed by atoms with Gasteiger partial charge in [-0.2, -0.15) is 5.10 Å². The van der Waals surface area contributed by atoms with Crippen LogP contribution in [-0.4, -0.2) is 66.9 Å². The quantitative estimate of drug-likeness (QED) is 0.107. The van der Waals surface area contributed by atoms with Gasteiger partial charge in [0.2, 0.25) is 0 Å². The number of nitrogens with one attached hydrogen (secondary N) is 1. The molecule has 1 N–H and O–H groups in total. The molecular weight excluding hydrogens is 554 g/mol. The molecule has 0 aliphatic carbocycles. The van der Waals surface area contributed by atoms with Crippen molar-refractivity contribution in [2.45, 2.75) is 40.3 Å². The van der Waals surface area contributed by atoms with Gasteiger partial charge in [-0.3, -0.25) is 0 Å². The largest absolute Gasteiger partial charge is 0.497 e. The number of ether oxygens (including phenoxy) is 3. The van der Waals surface area contributed by atoms with E-state index in [1.54, 1.807) is 26.4 Å². The molecule has 1 atom stereocenters. The minimum Gasteiger partial charge on any atom is -0.497 e. The van der Waals surface area contributed by atoms with Gasteiger partial charge in [0.25, 0.3) is 0 Å². The van der Waals surface area contributed by atoms with Crippen molar-refractivity contribution in [2.75, 3.05) is 44.9 Å². The second-order valence-electron chi connectivity index (χ2n) is 9.43. The molecule has 0 saturated carbocycles. The van der Waals surface area contributed by atoms with E-state index >= 15 is 0 Å². The number of esters is 1. The highest BCUT2D eigenvalue weighted by molar-refractivity contribution is 6.04. The molecule has 1 aliphatic heterocycles. The number of fused-ring (bicyclic) bond motifs is 1. The summed E-state index contributed by atoms with van der Waals surface area (Å²) < 4.78 is 18.3. The number of pyridine rings is 1. The fraction of sp³-hybridized carbons (Fsp3) is 0.387. The van der Waals surface area contributed by atoms with E-state index in [1.807, 2.05) is 74.0 Å². The van der Waals surface area contributed by atoms with Gasteiger partial charge in [0.1, 0.15) is 29.8 Å². The summed E-state index contributed by atoms with van der Waals surface area (Å²) in [4.78, 5) is 35.2. The second-order valence-corrected chi connectivity index (χ2v) is 9.43. The lowest BCUT2D eigenvalue weighted by Gasteiger charge is -2.35. The number of nitrogens with zero attached hydrogens (tertiary/aromatic N) is 4. The summed E-state index contributed by atoms with van der Waals surface area (Å²) in [7, 11) is 1.63. The predicted molar refractivity (Wildman–Crippen MR) is 161 cm³/mol. The smallest absolute Gasteiger partial charge is 0.341 e. The molecule has 1 fully saturated rings. The Morgan fingerprint density at radius 3 is 2.53 bits per heavy atom. The van der Waals surface area contributed by atoms with Crippen LogP contribution in [0.4, 0.5) is 5.69 Å². The number of carbonyl (C=O) groups excluding carboxylic acids is 1. The highest BCUT2D eigenvalue weighted by Crippen LogP contribution is 2.32. The van der Waals surface area contributed by atoms with E-state index in [2.05, 4.69) is 20.6 Å². The van der Waals surface area contributed by atoms with E-state index in [0.29, 0.717) is 48.9 Å². The van der Waals surface area contributed by atoms with Gasteiger partial charge < -0.3 is 23.9 Å². The molecule has 12 heteroatoms. The van der Waals surface area contributed by atoms with E-state index in [0.717, 1.165) is 22.3 Å². The Morgan fingerprint density at radius 2 is 1.81 bits per heavy atom. The van der Waals surface area contributed by atoms with E-state index in [9.17, 15) is 4.79 Å². The number of hydrogen-bond acceptors (Lipinski definition) is 11. The van der Waals surface area contributed by atoms with Gasteiger partial charge in [0.05, 0.1) is 44.1 Å². The molecule has 3 heterocycles. The number of rotatable bonds is 12.